The summed E-state index contributed by atoms with van der Waals surface area (Å²) in [5, 5.41) is 0. The molecule has 2 fully saturated rings. The van der Waals surface area contributed by atoms with E-state index in [1.807, 2.05) is 12.1 Å². The zero-order valence-corrected chi connectivity index (χ0v) is 16.6. The number of amides is 1. The Bertz CT molecular complexity index is 864. The second kappa shape index (κ2) is 8.49. The van der Waals surface area contributed by atoms with E-state index in [4.69, 9.17) is 4.74 Å². The van der Waals surface area contributed by atoms with E-state index >= 15 is 0 Å². The quantitative estimate of drug-likeness (QED) is 0.762. The van der Waals surface area contributed by atoms with Crippen LogP contribution < -0.4 is 4.74 Å². The second-order valence-corrected chi connectivity index (χ2v) is 7.90. The Morgan fingerprint density at radius 1 is 0.966 bits per heavy atom. The highest BCUT2D eigenvalue weighted by Crippen LogP contribution is 2.32. The molecule has 0 N–H and O–H groups in total. The first-order valence-corrected chi connectivity index (χ1v) is 10.2. The van der Waals surface area contributed by atoms with Crippen LogP contribution in [0.25, 0.3) is 0 Å². The lowest BCUT2D eigenvalue weighted by molar-refractivity contribution is -0.133. The fourth-order valence-corrected chi connectivity index (χ4v) is 4.50. The van der Waals surface area contributed by atoms with Crippen molar-refractivity contribution in [3.8, 4) is 5.75 Å². The molecule has 0 saturated carbocycles. The van der Waals surface area contributed by atoms with Gasteiger partial charge in [-0.15, -0.1) is 0 Å². The van der Waals surface area contributed by atoms with E-state index in [1.165, 1.54) is 11.6 Å². The zero-order valence-electron chi connectivity index (χ0n) is 16.6. The molecule has 0 aromatic heterocycles. The third kappa shape index (κ3) is 4.27. The summed E-state index contributed by atoms with van der Waals surface area (Å²) in [4.78, 5) is 16.9. The largest absolute Gasteiger partial charge is 0.497 e. The predicted molar refractivity (Wildman–Crippen MR) is 107 cm³/mol. The fourth-order valence-electron chi connectivity index (χ4n) is 4.50. The molecule has 2 aromatic carbocycles. The lowest BCUT2D eigenvalue weighted by Crippen LogP contribution is -2.45. The number of halogens is 2. The zero-order chi connectivity index (χ0) is 20.4. The summed E-state index contributed by atoms with van der Waals surface area (Å²) in [6.45, 7) is 2.77. The highest BCUT2D eigenvalue weighted by molar-refractivity contribution is 5.84. The van der Waals surface area contributed by atoms with E-state index in [-0.39, 0.29) is 11.9 Å². The minimum absolute atomic E-state index is 0.0950. The van der Waals surface area contributed by atoms with Gasteiger partial charge in [0.1, 0.15) is 5.75 Å². The number of benzene rings is 2. The smallest absolute Gasteiger partial charge is 0.240 e. The van der Waals surface area contributed by atoms with Crippen LogP contribution in [-0.2, 0) is 11.3 Å². The number of piperidine rings is 1. The Balaban J connectivity index is 1.33. The number of rotatable bonds is 5. The molecule has 4 nitrogen and oxygen atoms in total. The maximum absolute atomic E-state index is 13.4. The number of carbonyl (C=O) groups is 1. The molecule has 1 amide bonds. The molecule has 1 unspecified atom stereocenters. The Morgan fingerprint density at radius 2 is 1.69 bits per heavy atom. The number of ether oxygens (including phenoxy) is 1. The third-order valence-electron chi connectivity index (χ3n) is 6.18. The van der Waals surface area contributed by atoms with E-state index < -0.39 is 11.6 Å². The molecule has 0 radical (unpaired) electrons. The Kier molecular flexibility index (Phi) is 5.81. The summed E-state index contributed by atoms with van der Waals surface area (Å²) < 4.78 is 31.8. The first kappa shape index (κ1) is 19.8. The normalized spacial score (nSPS) is 21.0. The number of methoxy groups -OCH3 is 1. The number of carbonyl (C=O) groups excluding carboxylic acids is 1. The van der Waals surface area contributed by atoms with Crippen LogP contribution >= 0.6 is 0 Å². The van der Waals surface area contributed by atoms with Gasteiger partial charge >= 0.3 is 0 Å². The lowest BCUT2D eigenvalue weighted by atomic mass is 9.89. The molecule has 6 heteroatoms. The van der Waals surface area contributed by atoms with Gasteiger partial charge in [0.15, 0.2) is 11.6 Å². The maximum Gasteiger partial charge on any atom is 0.240 e. The summed E-state index contributed by atoms with van der Waals surface area (Å²) in [5.41, 5.74) is 1.94. The summed E-state index contributed by atoms with van der Waals surface area (Å²) in [6.07, 6.45) is 2.84. The van der Waals surface area contributed by atoms with Crippen molar-refractivity contribution in [1.82, 2.24) is 9.80 Å². The van der Waals surface area contributed by atoms with Gasteiger partial charge in [0, 0.05) is 13.1 Å². The molecule has 2 heterocycles. The summed E-state index contributed by atoms with van der Waals surface area (Å²) in [5.74, 6) is -0.265. The number of hydrogen-bond acceptors (Lipinski definition) is 3. The highest BCUT2D eigenvalue weighted by atomic mass is 19.2. The van der Waals surface area contributed by atoms with E-state index in [1.54, 1.807) is 18.1 Å². The minimum Gasteiger partial charge on any atom is -0.497 e. The standard InChI is InChI=1S/C23H26F2N2O2/c1-29-19-5-3-17(4-6-19)18-8-11-26(12-9-18)22-10-13-27(23(22)28)15-16-2-7-20(24)21(25)14-16/h2-7,14,18,22H,8-13,15H2,1H3. The van der Waals surface area contributed by atoms with Crippen LogP contribution in [0.15, 0.2) is 42.5 Å². The van der Waals surface area contributed by atoms with Crippen molar-refractivity contribution in [2.24, 2.45) is 0 Å². The summed E-state index contributed by atoms with van der Waals surface area (Å²) in [7, 11) is 1.67. The van der Waals surface area contributed by atoms with Gasteiger partial charge in [-0.3, -0.25) is 9.69 Å². The lowest BCUT2D eigenvalue weighted by Gasteiger charge is -2.35. The SMILES string of the molecule is COc1ccc(C2CCN(C3CCN(Cc4ccc(F)c(F)c4)C3=O)CC2)cc1. The number of hydrogen-bond donors (Lipinski definition) is 0. The summed E-state index contributed by atoms with van der Waals surface area (Å²) in [6, 6.07) is 12.0. The van der Waals surface area contributed by atoms with Gasteiger partial charge < -0.3 is 9.64 Å². The Hall–Kier alpha value is -2.47. The topological polar surface area (TPSA) is 32.8 Å². The first-order valence-electron chi connectivity index (χ1n) is 10.2. The van der Waals surface area contributed by atoms with E-state index in [0.29, 0.717) is 24.6 Å². The van der Waals surface area contributed by atoms with Crippen LogP contribution in [0.5, 0.6) is 5.75 Å². The van der Waals surface area contributed by atoms with Crippen molar-refractivity contribution in [1.29, 1.82) is 0 Å². The molecule has 154 valence electrons. The van der Waals surface area contributed by atoms with Gasteiger partial charge in [0.25, 0.3) is 0 Å². The van der Waals surface area contributed by atoms with Crippen LogP contribution in [0, 0.1) is 11.6 Å². The molecule has 0 aliphatic carbocycles. The molecule has 2 aliphatic heterocycles. The number of nitrogens with zero attached hydrogens (tertiary/aromatic N) is 2. The van der Waals surface area contributed by atoms with Gasteiger partial charge in [-0.05, 0) is 73.7 Å². The Morgan fingerprint density at radius 3 is 2.34 bits per heavy atom. The van der Waals surface area contributed by atoms with Crippen LogP contribution in [0.1, 0.15) is 36.3 Å². The molecule has 0 bridgehead atoms. The van der Waals surface area contributed by atoms with Crippen LogP contribution in [-0.4, -0.2) is 48.5 Å². The first-order chi connectivity index (χ1) is 14.0. The second-order valence-electron chi connectivity index (χ2n) is 7.90. The van der Waals surface area contributed by atoms with Gasteiger partial charge in [0.2, 0.25) is 5.91 Å². The van der Waals surface area contributed by atoms with Crippen molar-refractivity contribution < 1.29 is 18.3 Å². The molecule has 0 spiro atoms. The molecule has 29 heavy (non-hydrogen) atoms. The molecule has 2 aromatic rings. The molecule has 2 saturated heterocycles. The average Bonchev–Trinajstić information content (AvgIpc) is 3.11. The summed E-state index contributed by atoms with van der Waals surface area (Å²) >= 11 is 0. The van der Waals surface area contributed by atoms with Crippen molar-refractivity contribution >= 4 is 5.91 Å². The van der Waals surface area contributed by atoms with Gasteiger partial charge in [0.05, 0.1) is 13.2 Å². The van der Waals surface area contributed by atoms with Crippen LogP contribution in [0.4, 0.5) is 8.78 Å². The Labute approximate surface area is 170 Å². The van der Waals surface area contributed by atoms with E-state index in [2.05, 4.69) is 17.0 Å². The molecule has 1 atom stereocenters. The molecule has 4 rings (SSSR count). The van der Waals surface area contributed by atoms with Crippen molar-refractivity contribution in [2.45, 2.75) is 37.8 Å². The highest BCUT2D eigenvalue weighted by Gasteiger charge is 2.37. The molecular formula is C23H26F2N2O2. The van der Waals surface area contributed by atoms with Crippen LogP contribution in [0.2, 0.25) is 0 Å². The van der Waals surface area contributed by atoms with Gasteiger partial charge in [-0.2, -0.15) is 0 Å². The minimum atomic E-state index is -0.869. The maximum atomic E-state index is 13.4. The van der Waals surface area contributed by atoms with Gasteiger partial charge in [-0.25, -0.2) is 8.78 Å². The fraction of sp³-hybridized carbons (Fsp3) is 0.435. The van der Waals surface area contributed by atoms with Crippen molar-refractivity contribution in [3.05, 3.63) is 65.2 Å². The van der Waals surface area contributed by atoms with Gasteiger partial charge in [-0.1, -0.05) is 18.2 Å². The van der Waals surface area contributed by atoms with Crippen molar-refractivity contribution in [3.63, 3.8) is 0 Å². The van der Waals surface area contributed by atoms with E-state index in [0.717, 1.165) is 44.2 Å². The monoisotopic (exact) mass is 400 g/mol. The average molecular weight is 400 g/mol. The number of likely N-dealkylation sites (tertiary alicyclic amines) is 2. The van der Waals surface area contributed by atoms with Crippen molar-refractivity contribution in [2.75, 3.05) is 26.7 Å². The molecule has 2 aliphatic rings. The predicted octanol–water partition coefficient (Wildman–Crippen LogP) is 3.95. The third-order valence-corrected chi connectivity index (χ3v) is 6.18. The van der Waals surface area contributed by atoms with E-state index in [9.17, 15) is 13.6 Å². The molecular weight excluding hydrogens is 374 g/mol. The van der Waals surface area contributed by atoms with Crippen LogP contribution in [0.3, 0.4) is 0 Å².